The molecule has 3 aliphatic rings. The van der Waals surface area contributed by atoms with Crippen LogP contribution in [-0.2, 0) is 29.8 Å². The number of nitrogens with zero attached hydrogens (tertiary/aromatic N) is 1. The molecule has 19 heteroatoms. The fraction of sp³-hybridized carbons (Fsp3) is 0.194. The minimum absolute atomic E-state index is 0. The van der Waals surface area contributed by atoms with Crippen LogP contribution < -0.4 is 51.4 Å². The van der Waals surface area contributed by atoms with Crippen molar-refractivity contribution >= 4 is 60.6 Å². The number of unbranched alkanes of at least 4 members (excludes halogenated alkanes) is 3. The molecule has 0 spiro atoms. The van der Waals surface area contributed by atoms with Gasteiger partial charge >= 0.3 is 35.5 Å². The molecular formula is C31H27N4NaO12S2. The summed E-state index contributed by atoms with van der Waals surface area (Å²) in [6.07, 6.45) is 4.89. The molecular weight excluding hydrogens is 707 g/mol. The van der Waals surface area contributed by atoms with Crippen LogP contribution >= 0.6 is 0 Å². The average molecular weight is 735 g/mol. The van der Waals surface area contributed by atoms with Crippen molar-refractivity contribution in [1.29, 1.82) is 0 Å². The van der Waals surface area contributed by atoms with Crippen LogP contribution in [0.15, 0.2) is 68.8 Å². The van der Waals surface area contributed by atoms with Crippen LogP contribution in [0.25, 0.3) is 33.4 Å². The summed E-state index contributed by atoms with van der Waals surface area (Å²) in [5.74, 6) is -3.62. The summed E-state index contributed by atoms with van der Waals surface area (Å²) in [7, 11) is -10.8. The molecule has 2 aromatic rings. The van der Waals surface area contributed by atoms with Crippen LogP contribution in [0.4, 0.5) is 5.69 Å². The molecule has 0 aromatic heterocycles. The fourth-order valence-corrected chi connectivity index (χ4v) is 7.06. The van der Waals surface area contributed by atoms with E-state index in [1.807, 2.05) is 0 Å². The quantitative estimate of drug-likeness (QED) is 0.0286. The van der Waals surface area contributed by atoms with E-state index < -0.39 is 69.9 Å². The number of nitrogens with two attached hydrogens (primary N) is 2. The zero-order valence-electron chi connectivity index (χ0n) is 26.3. The summed E-state index contributed by atoms with van der Waals surface area (Å²) in [4.78, 5) is 47.8. The number of nitrogens with one attached hydrogen (secondary N) is 1. The van der Waals surface area contributed by atoms with Crippen LogP contribution in [0, 0.1) is 0 Å². The number of carbonyl (C=O) groups is 4. The maximum Gasteiger partial charge on any atom is 1.00 e. The fourth-order valence-electron chi connectivity index (χ4n) is 5.59. The number of benzene rings is 3. The Morgan fingerprint density at radius 2 is 1.50 bits per heavy atom. The molecule has 16 nitrogen and oxygen atoms in total. The molecule has 5 rings (SSSR count). The smallest absolute Gasteiger partial charge is 0.744 e. The average Bonchev–Trinajstić information content (AvgIpc) is 3.33. The summed E-state index contributed by atoms with van der Waals surface area (Å²) >= 11 is 0. The minimum atomic E-state index is -5.38. The number of carboxylic acid groups (broad SMARTS) is 1. The zero-order chi connectivity index (χ0) is 35.8. The minimum Gasteiger partial charge on any atom is -0.744 e. The monoisotopic (exact) mass is 734 g/mol. The van der Waals surface area contributed by atoms with E-state index in [9.17, 15) is 50.2 Å². The Balaban J connectivity index is 0.00000562. The van der Waals surface area contributed by atoms with Gasteiger partial charge < -0.3 is 29.7 Å². The van der Waals surface area contributed by atoms with E-state index in [0.29, 0.717) is 25.7 Å². The predicted octanol–water partition coefficient (Wildman–Crippen LogP) is -2.83. The van der Waals surface area contributed by atoms with Gasteiger partial charge in [0.1, 0.15) is 25.1 Å². The largest absolute Gasteiger partial charge is 1.00 e. The molecule has 3 amide bonds. The molecule has 6 N–H and O–H groups in total. The van der Waals surface area contributed by atoms with Gasteiger partial charge in [-0.1, -0.05) is 18.9 Å². The maximum atomic E-state index is 13.0. The number of hydrogen-bond acceptors (Lipinski definition) is 12. The van der Waals surface area contributed by atoms with Crippen LogP contribution in [0.2, 0.25) is 0 Å². The van der Waals surface area contributed by atoms with E-state index in [1.54, 1.807) is 0 Å². The predicted molar refractivity (Wildman–Crippen MR) is 167 cm³/mol. The number of aromatic carboxylic acids is 1. The van der Waals surface area contributed by atoms with Gasteiger partial charge in [-0.2, -0.15) is 0 Å². The van der Waals surface area contributed by atoms with Gasteiger partial charge in [0, 0.05) is 53.4 Å². The number of carbonyl (C=O) groups excluding carboxylic acids is 3. The number of nitrogen functional groups attached to an aromatic ring is 1. The molecule has 2 aliphatic heterocycles. The van der Waals surface area contributed by atoms with Crippen LogP contribution in [0.1, 0.15) is 46.4 Å². The SMILES string of the molecule is Nc1ccc2c(-c3ccc(C(=O)NCCCCCCN4C(=O)C=CC4=O)cc3C(=O)O)c3ccc(=[NH2+])c(S(=O)(=O)[O-])c-3oc2c1S(=O)(=O)[O-].[Na+]. The first-order valence-corrected chi connectivity index (χ1v) is 17.3. The van der Waals surface area contributed by atoms with Gasteiger partial charge in [0.15, 0.2) is 16.2 Å². The Kier molecular flexibility index (Phi) is 11.4. The van der Waals surface area contributed by atoms with E-state index in [0.717, 1.165) is 23.1 Å². The van der Waals surface area contributed by atoms with Crippen molar-refractivity contribution < 1.29 is 89.6 Å². The number of amides is 3. The third kappa shape index (κ3) is 7.65. The summed E-state index contributed by atoms with van der Waals surface area (Å²) in [6.45, 7) is 0.507. The molecule has 0 bridgehead atoms. The molecule has 1 aliphatic carbocycles. The van der Waals surface area contributed by atoms with Crippen molar-refractivity contribution in [3.05, 3.63) is 71.1 Å². The second kappa shape index (κ2) is 14.8. The van der Waals surface area contributed by atoms with Gasteiger partial charge in [-0.3, -0.25) is 24.7 Å². The third-order valence-corrected chi connectivity index (χ3v) is 9.65. The number of rotatable bonds is 12. The molecule has 0 fully saturated rings. The first-order chi connectivity index (χ1) is 23.0. The van der Waals surface area contributed by atoms with Crippen molar-refractivity contribution in [3.8, 4) is 22.5 Å². The van der Waals surface area contributed by atoms with Crippen LogP contribution in [0.3, 0.4) is 0 Å². The molecule has 0 atom stereocenters. The van der Waals surface area contributed by atoms with E-state index >= 15 is 0 Å². The maximum absolute atomic E-state index is 13.0. The van der Waals surface area contributed by atoms with E-state index in [2.05, 4.69) is 5.32 Å². The van der Waals surface area contributed by atoms with Gasteiger partial charge in [0.2, 0.25) is 5.36 Å². The standard InChI is InChI=1S/C31H28N4O12S2.Na/c32-21-9-7-18-25(19-8-10-22(33)29(49(44,45)46)27(19)47-26(18)28(21)48(41,42)43)17-6-5-16(15-20(17)31(39)40)30(38)34-13-3-1-2-4-14-35-23(36)11-12-24(35)37;/h5-12,15,32H,1-4,13-14,33H2,(H,34,38)(H,39,40)(H,41,42,43)(H,44,45,46);/q;+1/p-1. The van der Waals surface area contributed by atoms with Gasteiger partial charge in [0.05, 0.1) is 11.3 Å². The Morgan fingerprint density at radius 3 is 2.12 bits per heavy atom. The molecule has 2 heterocycles. The summed E-state index contributed by atoms with van der Waals surface area (Å²) in [5.41, 5.74) is 3.46. The Morgan fingerprint density at radius 1 is 0.880 bits per heavy atom. The molecule has 0 saturated carbocycles. The van der Waals surface area contributed by atoms with Crippen LogP contribution in [-0.4, -0.2) is 72.7 Å². The summed E-state index contributed by atoms with van der Waals surface area (Å²) < 4.78 is 79.2. The number of carboxylic acids is 1. The van der Waals surface area contributed by atoms with Crippen LogP contribution in [0.5, 0.6) is 0 Å². The van der Waals surface area contributed by atoms with Crippen molar-refractivity contribution in [2.24, 2.45) is 0 Å². The first-order valence-electron chi connectivity index (χ1n) is 14.5. The Hall–Kier alpha value is -4.43. The Labute approximate surface area is 306 Å². The van der Waals surface area contributed by atoms with Crippen molar-refractivity contribution in [3.63, 3.8) is 0 Å². The van der Waals surface area contributed by atoms with E-state index in [-0.39, 0.29) is 82.1 Å². The number of hydrogen-bond donors (Lipinski definition) is 4. The summed E-state index contributed by atoms with van der Waals surface area (Å²) in [6, 6.07) is 8.13. The van der Waals surface area contributed by atoms with Crippen molar-refractivity contribution in [1.82, 2.24) is 10.2 Å². The molecule has 0 unspecified atom stereocenters. The topological polar surface area (TPSA) is 283 Å². The van der Waals surface area contributed by atoms with Gasteiger partial charge in [-0.15, -0.1) is 0 Å². The molecule has 0 saturated heterocycles. The second-order valence-electron chi connectivity index (χ2n) is 11.0. The van der Waals surface area contributed by atoms with Gasteiger partial charge in [0.25, 0.3) is 17.7 Å². The molecule has 50 heavy (non-hydrogen) atoms. The number of anilines is 1. The van der Waals surface area contributed by atoms with Crippen molar-refractivity contribution in [2.75, 3.05) is 18.8 Å². The molecule has 0 radical (unpaired) electrons. The number of imide groups is 1. The second-order valence-corrected chi connectivity index (χ2v) is 13.6. The zero-order valence-corrected chi connectivity index (χ0v) is 29.9. The van der Waals surface area contributed by atoms with Gasteiger partial charge in [-0.25, -0.2) is 21.6 Å². The summed E-state index contributed by atoms with van der Waals surface area (Å²) in [5, 5.41) is 17.9. The Bertz CT molecular complexity index is 2340. The first kappa shape index (κ1) is 38.4. The number of fused-ring (bicyclic) bond motifs is 2. The van der Waals surface area contributed by atoms with Crippen molar-refractivity contribution in [2.45, 2.75) is 35.5 Å². The van der Waals surface area contributed by atoms with E-state index in [1.165, 1.54) is 36.4 Å². The molecule has 256 valence electrons. The normalized spacial score (nSPS) is 13.2. The van der Waals surface area contributed by atoms with E-state index in [4.69, 9.17) is 15.6 Å². The molecule has 2 aromatic carbocycles. The van der Waals surface area contributed by atoms with Gasteiger partial charge in [-0.05, 0) is 48.7 Å². The third-order valence-electron chi connectivity index (χ3n) is 7.80.